The zero-order valence-corrected chi connectivity index (χ0v) is 8.39. The fraction of sp³-hybridized carbons (Fsp3) is 0.636. The van der Waals surface area contributed by atoms with Gasteiger partial charge in [-0.05, 0) is 36.8 Å². The Morgan fingerprint density at radius 3 is 2.42 bits per heavy atom. The minimum absolute atomic E-state index is 0.132. The molecule has 0 aromatic heterocycles. The Morgan fingerprint density at radius 2 is 2.08 bits per heavy atom. The third-order valence-electron chi connectivity index (χ3n) is 2.57. The molecule has 1 nitrogen and oxygen atoms in total. The molecule has 1 heteroatoms. The van der Waals surface area contributed by atoms with Gasteiger partial charge < -0.3 is 5.11 Å². The molecule has 1 rings (SSSR count). The van der Waals surface area contributed by atoms with Gasteiger partial charge in [0.2, 0.25) is 0 Å². The van der Waals surface area contributed by atoms with E-state index in [9.17, 15) is 5.11 Å². The number of hydrogen-bond donors (Lipinski definition) is 1. The van der Waals surface area contributed by atoms with Crippen molar-refractivity contribution in [2.75, 3.05) is 0 Å². The standard InChI is InChI=1S/C11H18O/c1-8-6-5-7-11(3,4)10(8)9(2)12/h5-6,9,12H,7H2,1-4H3. The third-order valence-corrected chi connectivity index (χ3v) is 2.57. The predicted octanol–water partition coefficient (Wildman–Crippen LogP) is 2.67. The van der Waals surface area contributed by atoms with Gasteiger partial charge >= 0.3 is 0 Å². The summed E-state index contributed by atoms with van der Waals surface area (Å²) in [5.41, 5.74) is 2.54. The molecule has 1 aliphatic carbocycles. The van der Waals surface area contributed by atoms with E-state index >= 15 is 0 Å². The Hall–Kier alpha value is -0.560. The summed E-state index contributed by atoms with van der Waals surface area (Å²) in [7, 11) is 0. The molecule has 0 aliphatic heterocycles. The van der Waals surface area contributed by atoms with Crippen LogP contribution in [0.25, 0.3) is 0 Å². The molecule has 1 aliphatic rings. The second-order valence-corrected chi connectivity index (χ2v) is 4.26. The summed E-state index contributed by atoms with van der Waals surface area (Å²) in [5, 5.41) is 9.59. The average Bonchev–Trinajstić information content (AvgIpc) is 1.82. The fourth-order valence-electron chi connectivity index (χ4n) is 2.16. The number of hydrogen-bond acceptors (Lipinski definition) is 1. The molecule has 0 amide bonds. The Balaban J connectivity index is 3.08. The van der Waals surface area contributed by atoms with Crippen LogP contribution in [0.4, 0.5) is 0 Å². The molecule has 0 saturated carbocycles. The molecule has 0 radical (unpaired) electrons. The largest absolute Gasteiger partial charge is 0.389 e. The van der Waals surface area contributed by atoms with Crippen LogP contribution in [0.2, 0.25) is 0 Å². The van der Waals surface area contributed by atoms with Gasteiger partial charge in [-0.25, -0.2) is 0 Å². The van der Waals surface area contributed by atoms with Crippen LogP contribution in [-0.2, 0) is 0 Å². The van der Waals surface area contributed by atoms with Crippen molar-refractivity contribution in [3.05, 3.63) is 23.3 Å². The lowest BCUT2D eigenvalue weighted by atomic mass is 9.74. The van der Waals surface area contributed by atoms with Crippen LogP contribution in [0.1, 0.15) is 34.1 Å². The first-order valence-corrected chi connectivity index (χ1v) is 4.51. The van der Waals surface area contributed by atoms with Crippen molar-refractivity contribution in [2.24, 2.45) is 5.41 Å². The zero-order valence-electron chi connectivity index (χ0n) is 8.39. The molecular formula is C11H18O. The summed E-state index contributed by atoms with van der Waals surface area (Å²) in [6, 6.07) is 0. The summed E-state index contributed by atoms with van der Waals surface area (Å²) in [6.45, 7) is 8.28. The molecule has 0 spiro atoms. The zero-order chi connectivity index (χ0) is 9.35. The first-order valence-electron chi connectivity index (χ1n) is 4.51. The molecule has 0 bridgehead atoms. The average molecular weight is 166 g/mol. The monoisotopic (exact) mass is 166 g/mol. The number of allylic oxidation sites excluding steroid dienone is 3. The van der Waals surface area contributed by atoms with E-state index in [4.69, 9.17) is 0 Å². The van der Waals surface area contributed by atoms with E-state index in [0.717, 1.165) is 6.42 Å². The van der Waals surface area contributed by atoms with Gasteiger partial charge in [0.25, 0.3) is 0 Å². The second-order valence-electron chi connectivity index (χ2n) is 4.26. The molecule has 1 N–H and O–H groups in total. The van der Waals surface area contributed by atoms with Crippen LogP contribution < -0.4 is 0 Å². The highest BCUT2D eigenvalue weighted by molar-refractivity contribution is 5.34. The normalized spacial score (nSPS) is 24.4. The fourth-order valence-corrected chi connectivity index (χ4v) is 2.16. The molecule has 0 fully saturated rings. The Kier molecular flexibility index (Phi) is 2.43. The Morgan fingerprint density at radius 1 is 1.50 bits per heavy atom. The maximum atomic E-state index is 9.59. The van der Waals surface area contributed by atoms with Crippen LogP contribution in [0.15, 0.2) is 23.3 Å². The van der Waals surface area contributed by atoms with Crippen LogP contribution in [0.5, 0.6) is 0 Å². The lowest BCUT2D eigenvalue weighted by molar-refractivity contribution is 0.196. The minimum atomic E-state index is -0.315. The van der Waals surface area contributed by atoms with E-state index in [1.165, 1.54) is 11.1 Å². The van der Waals surface area contributed by atoms with Crippen molar-refractivity contribution < 1.29 is 5.11 Å². The predicted molar refractivity (Wildman–Crippen MR) is 51.9 cm³/mol. The maximum Gasteiger partial charge on any atom is 0.0732 e. The highest BCUT2D eigenvalue weighted by Gasteiger charge is 2.28. The first-order chi connectivity index (χ1) is 5.45. The van der Waals surface area contributed by atoms with Crippen molar-refractivity contribution >= 4 is 0 Å². The van der Waals surface area contributed by atoms with Gasteiger partial charge in [0.1, 0.15) is 0 Å². The van der Waals surface area contributed by atoms with Gasteiger partial charge in [-0.2, -0.15) is 0 Å². The van der Waals surface area contributed by atoms with Crippen LogP contribution in [0, 0.1) is 5.41 Å². The molecule has 68 valence electrons. The van der Waals surface area contributed by atoms with Crippen LogP contribution in [-0.4, -0.2) is 11.2 Å². The molecule has 0 saturated heterocycles. The molecule has 1 atom stereocenters. The Labute approximate surface area is 74.8 Å². The van der Waals surface area contributed by atoms with Crippen molar-refractivity contribution in [3.8, 4) is 0 Å². The van der Waals surface area contributed by atoms with Gasteiger partial charge in [-0.3, -0.25) is 0 Å². The molecule has 1 unspecified atom stereocenters. The van der Waals surface area contributed by atoms with Gasteiger partial charge in [-0.15, -0.1) is 0 Å². The lowest BCUT2D eigenvalue weighted by Gasteiger charge is -2.33. The summed E-state index contributed by atoms with van der Waals surface area (Å²) in [4.78, 5) is 0. The SMILES string of the molecule is CC1=C(C(C)O)C(C)(C)CC=C1. The summed E-state index contributed by atoms with van der Waals surface area (Å²) in [5.74, 6) is 0. The number of aliphatic hydroxyl groups is 1. The van der Waals surface area contributed by atoms with Gasteiger partial charge in [0, 0.05) is 0 Å². The highest BCUT2D eigenvalue weighted by Crippen LogP contribution is 2.38. The summed E-state index contributed by atoms with van der Waals surface area (Å²) >= 11 is 0. The number of rotatable bonds is 1. The topological polar surface area (TPSA) is 20.2 Å². The summed E-state index contributed by atoms with van der Waals surface area (Å²) in [6.07, 6.45) is 5.00. The minimum Gasteiger partial charge on any atom is -0.389 e. The van der Waals surface area contributed by atoms with Crippen LogP contribution >= 0.6 is 0 Å². The van der Waals surface area contributed by atoms with Crippen LogP contribution in [0.3, 0.4) is 0 Å². The molecule has 0 aromatic rings. The van der Waals surface area contributed by atoms with Crippen molar-refractivity contribution in [3.63, 3.8) is 0 Å². The third kappa shape index (κ3) is 1.61. The van der Waals surface area contributed by atoms with Gasteiger partial charge in [0.05, 0.1) is 6.10 Å². The van der Waals surface area contributed by atoms with E-state index < -0.39 is 0 Å². The van der Waals surface area contributed by atoms with Gasteiger partial charge in [0.15, 0.2) is 0 Å². The first kappa shape index (κ1) is 9.53. The second kappa shape index (κ2) is 3.06. The lowest BCUT2D eigenvalue weighted by Crippen LogP contribution is -2.25. The number of aliphatic hydroxyl groups excluding tert-OH is 1. The van der Waals surface area contributed by atoms with Crippen molar-refractivity contribution in [1.29, 1.82) is 0 Å². The van der Waals surface area contributed by atoms with E-state index in [2.05, 4.69) is 32.9 Å². The Bertz CT molecular complexity index is 231. The van der Waals surface area contributed by atoms with E-state index in [1.54, 1.807) is 0 Å². The molecule has 12 heavy (non-hydrogen) atoms. The quantitative estimate of drug-likeness (QED) is 0.635. The van der Waals surface area contributed by atoms with Gasteiger partial charge in [-0.1, -0.05) is 26.0 Å². The summed E-state index contributed by atoms with van der Waals surface area (Å²) < 4.78 is 0. The van der Waals surface area contributed by atoms with Crippen molar-refractivity contribution in [1.82, 2.24) is 0 Å². The molecule has 0 heterocycles. The highest BCUT2D eigenvalue weighted by atomic mass is 16.3. The smallest absolute Gasteiger partial charge is 0.0732 e. The molecule has 0 aromatic carbocycles. The molecular weight excluding hydrogens is 148 g/mol. The van der Waals surface area contributed by atoms with E-state index in [0.29, 0.717) is 0 Å². The van der Waals surface area contributed by atoms with E-state index in [-0.39, 0.29) is 11.5 Å². The maximum absolute atomic E-state index is 9.59. The van der Waals surface area contributed by atoms with Crippen molar-refractivity contribution in [2.45, 2.75) is 40.2 Å². The van der Waals surface area contributed by atoms with E-state index in [1.807, 2.05) is 6.92 Å².